The molecule has 1 fully saturated rings. The zero-order chi connectivity index (χ0) is 18.5. The molecule has 0 bridgehead atoms. The minimum atomic E-state index is -0.155. The molecule has 1 N–H and O–H groups in total. The van der Waals surface area contributed by atoms with Gasteiger partial charge in [0.15, 0.2) is 0 Å². The van der Waals surface area contributed by atoms with E-state index in [0.29, 0.717) is 23.2 Å². The van der Waals surface area contributed by atoms with Crippen molar-refractivity contribution in [2.75, 3.05) is 0 Å². The summed E-state index contributed by atoms with van der Waals surface area (Å²) in [5.74, 6) is 1.13. The number of amides is 1. The topological polar surface area (TPSA) is 64.1 Å². The van der Waals surface area contributed by atoms with Gasteiger partial charge in [0.2, 0.25) is 0 Å². The molecule has 0 atom stereocenters. The first-order valence-corrected chi connectivity index (χ1v) is 8.90. The van der Waals surface area contributed by atoms with E-state index in [-0.39, 0.29) is 5.91 Å². The molecule has 2 heterocycles. The third-order valence-electron chi connectivity index (χ3n) is 4.13. The molecule has 2 aromatic heterocycles. The number of aromatic nitrogens is 2. The van der Waals surface area contributed by atoms with Crippen LogP contribution in [0.4, 0.5) is 0 Å². The average Bonchev–Trinajstić information content (AvgIpc) is 3.52. The van der Waals surface area contributed by atoms with Gasteiger partial charge in [-0.3, -0.25) is 14.8 Å². The highest BCUT2D eigenvalue weighted by atomic mass is 16.5. The molecule has 3 aromatic rings. The van der Waals surface area contributed by atoms with Gasteiger partial charge in [-0.1, -0.05) is 24.3 Å². The number of pyridine rings is 2. The van der Waals surface area contributed by atoms with Crippen LogP contribution in [0.15, 0.2) is 67.0 Å². The molecule has 0 saturated heterocycles. The first-order chi connectivity index (χ1) is 13.3. The maximum Gasteiger partial charge on any atom is 0.270 e. The Morgan fingerprint density at radius 3 is 2.56 bits per heavy atom. The summed E-state index contributed by atoms with van der Waals surface area (Å²) in [7, 11) is 0. The lowest BCUT2D eigenvalue weighted by Gasteiger charge is -2.08. The van der Waals surface area contributed by atoms with Crippen LogP contribution in [0.25, 0.3) is 12.2 Å². The smallest absolute Gasteiger partial charge is 0.270 e. The Morgan fingerprint density at radius 1 is 0.963 bits per heavy atom. The highest BCUT2D eigenvalue weighted by Crippen LogP contribution is 2.23. The number of nitrogens with one attached hydrogen (secondary N) is 1. The molecule has 1 amide bonds. The standard InChI is InChI=1S/C22H19N3O2/c26-22(25-18-8-9-18)21-15-20(12-14-24-21)27-19-10-5-16(6-11-19)4-7-17-3-1-2-13-23-17/h1-7,10-15,18H,8-9H2,(H,25,26)/b7-4+. The molecular formula is C22H19N3O2. The van der Waals surface area contributed by atoms with E-state index < -0.39 is 0 Å². The van der Waals surface area contributed by atoms with Crippen LogP contribution in [0.1, 0.15) is 34.6 Å². The second kappa shape index (κ2) is 7.83. The summed E-state index contributed by atoms with van der Waals surface area (Å²) in [5.41, 5.74) is 2.33. The van der Waals surface area contributed by atoms with E-state index in [0.717, 1.165) is 24.1 Å². The van der Waals surface area contributed by atoms with Crippen LogP contribution in [-0.4, -0.2) is 21.9 Å². The minimum Gasteiger partial charge on any atom is -0.457 e. The van der Waals surface area contributed by atoms with Gasteiger partial charge < -0.3 is 10.1 Å². The van der Waals surface area contributed by atoms with Crippen molar-refractivity contribution in [2.24, 2.45) is 0 Å². The van der Waals surface area contributed by atoms with Crippen molar-refractivity contribution in [3.05, 3.63) is 83.9 Å². The van der Waals surface area contributed by atoms with E-state index in [1.54, 1.807) is 24.5 Å². The summed E-state index contributed by atoms with van der Waals surface area (Å²) in [5, 5.41) is 2.93. The molecule has 1 aliphatic rings. The van der Waals surface area contributed by atoms with Crippen LogP contribution in [0, 0.1) is 0 Å². The van der Waals surface area contributed by atoms with Crippen molar-refractivity contribution in [3.63, 3.8) is 0 Å². The summed E-state index contributed by atoms with van der Waals surface area (Å²) in [6.07, 6.45) is 9.40. The van der Waals surface area contributed by atoms with Crippen LogP contribution in [0.2, 0.25) is 0 Å². The highest BCUT2D eigenvalue weighted by molar-refractivity contribution is 5.93. The van der Waals surface area contributed by atoms with Gasteiger partial charge in [0.05, 0.1) is 5.69 Å². The highest BCUT2D eigenvalue weighted by Gasteiger charge is 2.24. The molecule has 1 saturated carbocycles. The lowest BCUT2D eigenvalue weighted by molar-refractivity contribution is 0.0945. The van der Waals surface area contributed by atoms with Crippen molar-refractivity contribution in [1.29, 1.82) is 0 Å². The van der Waals surface area contributed by atoms with Crippen LogP contribution < -0.4 is 10.1 Å². The summed E-state index contributed by atoms with van der Waals surface area (Å²) in [4.78, 5) is 20.5. The number of nitrogens with zero attached hydrogens (tertiary/aromatic N) is 2. The van der Waals surface area contributed by atoms with Crippen LogP contribution in [-0.2, 0) is 0 Å². The van der Waals surface area contributed by atoms with Crippen molar-refractivity contribution in [2.45, 2.75) is 18.9 Å². The van der Waals surface area contributed by atoms with Crippen molar-refractivity contribution in [3.8, 4) is 11.5 Å². The number of hydrogen-bond donors (Lipinski definition) is 1. The maximum absolute atomic E-state index is 12.1. The molecule has 1 aromatic carbocycles. The monoisotopic (exact) mass is 357 g/mol. The fourth-order valence-electron chi connectivity index (χ4n) is 2.53. The zero-order valence-corrected chi connectivity index (χ0v) is 14.7. The van der Waals surface area contributed by atoms with E-state index in [4.69, 9.17) is 4.74 Å². The second-order valence-corrected chi connectivity index (χ2v) is 6.38. The molecule has 5 heteroatoms. The van der Waals surface area contributed by atoms with Crippen LogP contribution in [0.5, 0.6) is 11.5 Å². The molecule has 1 aliphatic carbocycles. The van der Waals surface area contributed by atoms with E-state index >= 15 is 0 Å². The second-order valence-electron chi connectivity index (χ2n) is 6.38. The largest absolute Gasteiger partial charge is 0.457 e. The van der Waals surface area contributed by atoms with Gasteiger partial charge in [0.25, 0.3) is 5.91 Å². The number of carbonyl (C=O) groups excluding carboxylic acids is 1. The van der Waals surface area contributed by atoms with Gasteiger partial charge in [-0.15, -0.1) is 0 Å². The number of carbonyl (C=O) groups is 1. The zero-order valence-electron chi connectivity index (χ0n) is 14.7. The quantitative estimate of drug-likeness (QED) is 0.713. The molecule has 134 valence electrons. The van der Waals surface area contributed by atoms with Gasteiger partial charge in [0, 0.05) is 24.5 Å². The predicted octanol–water partition coefficient (Wildman–Crippen LogP) is 4.33. The fourth-order valence-corrected chi connectivity index (χ4v) is 2.53. The predicted molar refractivity (Wildman–Crippen MR) is 104 cm³/mol. The van der Waals surface area contributed by atoms with Crippen molar-refractivity contribution < 1.29 is 9.53 Å². The third-order valence-corrected chi connectivity index (χ3v) is 4.13. The van der Waals surface area contributed by atoms with Gasteiger partial charge in [-0.05, 0) is 54.8 Å². The Kier molecular flexibility index (Phi) is 4.92. The number of hydrogen-bond acceptors (Lipinski definition) is 4. The molecule has 0 radical (unpaired) electrons. The third kappa shape index (κ3) is 4.79. The van der Waals surface area contributed by atoms with E-state index in [1.807, 2.05) is 54.6 Å². The molecule has 5 nitrogen and oxygen atoms in total. The first-order valence-electron chi connectivity index (χ1n) is 8.90. The van der Waals surface area contributed by atoms with Crippen LogP contribution in [0.3, 0.4) is 0 Å². The Balaban J connectivity index is 1.41. The Hall–Kier alpha value is -3.47. The fraction of sp³-hybridized carbons (Fsp3) is 0.136. The maximum atomic E-state index is 12.1. The number of rotatable bonds is 6. The van der Waals surface area contributed by atoms with Gasteiger partial charge in [-0.25, -0.2) is 0 Å². The Morgan fingerprint density at radius 2 is 1.81 bits per heavy atom. The summed E-state index contributed by atoms with van der Waals surface area (Å²) in [6.45, 7) is 0. The minimum absolute atomic E-state index is 0.155. The summed E-state index contributed by atoms with van der Waals surface area (Å²) < 4.78 is 5.85. The number of ether oxygens (including phenoxy) is 1. The average molecular weight is 357 g/mol. The Labute approximate surface area is 157 Å². The van der Waals surface area contributed by atoms with Crippen molar-refractivity contribution >= 4 is 18.1 Å². The molecular weight excluding hydrogens is 338 g/mol. The van der Waals surface area contributed by atoms with E-state index in [9.17, 15) is 4.79 Å². The molecule has 27 heavy (non-hydrogen) atoms. The van der Waals surface area contributed by atoms with Gasteiger partial charge >= 0.3 is 0 Å². The molecule has 4 rings (SSSR count). The van der Waals surface area contributed by atoms with Gasteiger partial charge in [-0.2, -0.15) is 0 Å². The lowest BCUT2D eigenvalue weighted by Crippen LogP contribution is -2.26. The SMILES string of the molecule is O=C(NC1CC1)c1cc(Oc2ccc(/C=C/c3ccccn3)cc2)ccn1. The van der Waals surface area contributed by atoms with E-state index in [1.165, 1.54) is 0 Å². The summed E-state index contributed by atoms with van der Waals surface area (Å²) >= 11 is 0. The van der Waals surface area contributed by atoms with Gasteiger partial charge in [0.1, 0.15) is 17.2 Å². The lowest BCUT2D eigenvalue weighted by atomic mass is 10.2. The molecule has 0 spiro atoms. The molecule has 0 unspecified atom stereocenters. The van der Waals surface area contributed by atoms with Crippen LogP contribution >= 0.6 is 0 Å². The number of benzene rings is 1. The van der Waals surface area contributed by atoms with E-state index in [2.05, 4.69) is 15.3 Å². The first kappa shape index (κ1) is 17.0. The summed E-state index contributed by atoms with van der Waals surface area (Å²) in [6, 6.07) is 17.2. The van der Waals surface area contributed by atoms with Crippen molar-refractivity contribution in [1.82, 2.24) is 15.3 Å². The molecule has 0 aliphatic heterocycles. The normalized spacial score (nSPS) is 13.5. The Bertz CT molecular complexity index is 949.